The third kappa shape index (κ3) is 9.23. The summed E-state index contributed by atoms with van der Waals surface area (Å²) < 4.78 is 11.0. The average molecular weight is 334 g/mol. The molecule has 0 aliphatic heterocycles. The number of carboxylic acids is 1. The molecule has 4 heteroatoms. The molecule has 4 nitrogen and oxygen atoms in total. The van der Waals surface area contributed by atoms with Crippen LogP contribution < -0.4 is 9.47 Å². The van der Waals surface area contributed by atoms with E-state index in [1.165, 1.54) is 44.9 Å². The Morgan fingerprint density at radius 2 is 1.58 bits per heavy atom. The maximum atomic E-state index is 10.6. The molecule has 0 amide bonds. The van der Waals surface area contributed by atoms with E-state index in [1.54, 1.807) is 18.2 Å². The van der Waals surface area contributed by atoms with Crippen LogP contribution in [0.3, 0.4) is 0 Å². The third-order valence-corrected chi connectivity index (χ3v) is 3.77. The van der Waals surface area contributed by atoms with Crippen LogP contribution in [0, 0.1) is 0 Å². The minimum Gasteiger partial charge on any atom is -0.493 e. The van der Waals surface area contributed by atoms with E-state index >= 15 is 0 Å². The van der Waals surface area contributed by atoms with E-state index in [0.29, 0.717) is 18.1 Å². The fourth-order valence-electron chi connectivity index (χ4n) is 2.45. The van der Waals surface area contributed by atoms with Crippen LogP contribution in [-0.2, 0) is 4.79 Å². The first kappa shape index (κ1) is 20.1. The molecule has 1 rings (SSSR count). The first-order chi connectivity index (χ1) is 11.7. The Hall–Kier alpha value is -1.97. The molecular weight excluding hydrogens is 304 g/mol. The van der Waals surface area contributed by atoms with Gasteiger partial charge >= 0.3 is 5.97 Å². The largest absolute Gasteiger partial charge is 0.493 e. The Balaban J connectivity index is 2.29. The SMILES string of the molecule is C=Cc1cc(OCCCCCCCCCC)cc(OCC(=O)O)c1. The van der Waals surface area contributed by atoms with Gasteiger partial charge in [-0.2, -0.15) is 0 Å². The first-order valence-electron chi connectivity index (χ1n) is 8.90. The van der Waals surface area contributed by atoms with Crippen molar-refractivity contribution in [3.63, 3.8) is 0 Å². The number of hydrogen-bond acceptors (Lipinski definition) is 3. The molecular formula is C20H30O4. The highest BCUT2D eigenvalue weighted by Crippen LogP contribution is 2.24. The Labute approximate surface area is 145 Å². The van der Waals surface area contributed by atoms with Crippen LogP contribution in [0.4, 0.5) is 0 Å². The van der Waals surface area contributed by atoms with Gasteiger partial charge in [-0.1, -0.05) is 64.5 Å². The molecule has 0 atom stereocenters. The van der Waals surface area contributed by atoms with E-state index in [0.717, 1.165) is 12.0 Å². The lowest BCUT2D eigenvalue weighted by Crippen LogP contribution is -2.09. The Morgan fingerprint density at radius 1 is 1.00 bits per heavy atom. The van der Waals surface area contributed by atoms with Crippen LogP contribution in [0.25, 0.3) is 6.08 Å². The van der Waals surface area contributed by atoms with Crippen LogP contribution >= 0.6 is 0 Å². The highest BCUT2D eigenvalue weighted by molar-refractivity contribution is 5.68. The molecule has 24 heavy (non-hydrogen) atoms. The zero-order valence-corrected chi connectivity index (χ0v) is 14.8. The molecule has 0 fully saturated rings. The van der Waals surface area contributed by atoms with Crippen molar-refractivity contribution in [3.05, 3.63) is 30.3 Å². The van der Waals surface area contributed by atoms with Gasteiger partial charge in [0.05, 0.1) is 6.61 Å². The van der Waals surface area contributed by atoms with Crippen molar-refractivity contribution in [1.82, 2.24) is 0 Å². The second-order valence-electron chi connectivity index (χ2n) is 5.95. The summed E-state index contributed by atoms with van der Waals surface area (Å²) >= 11 is 0. The molecule has 0 bridgehead atoms. The number of rotatable bonds is 14. The quantitative estimate of drug-likeness (QED) is 0.468. The van der Waals surface area contributed by atoms with Crippen LogP contribution in [0.5, 0.6) is 11.5 Å². The van der Waals surface area contributed by atoms with Crippen molar-refractivity contribution in [2.45, 2.75) is 58.3 Å². The van der Waals surface area contributed by atoms with Crippen molar-refractivity contribution in [1.29, 1.82) is 0 Å². The van der Waals surface area contributed by atoms with Crippen LogP contribution in [-0.4, -0.2) is 24.3 Å². The van der Waals surface area contributed by atoms with E-state index in [2.05, 4.69) is 13.5 Å². The van der Waals surface area contributed by atoms with E-state index in [9.17, 15) is 4.79 Å². The summed E-state index contributed by atoms with van der Waals surface area (Å²) in [4.78, 5) is 10.6. The van der Waals surface area contributed by atoms with Crippen molar-refractivity contribution < 1.29 is 19.4 Å². The highest BCUT2D eigenvalue weighted by Gasteiger charge is 2.04. The predicted molar refractivity (Wildman–Crippen MR) is 97.8 cm³/mol. The van der Waals surface area contributed by atoms with Crippen LogP contribution in [0.1, 0.15) is 63.9 Å². The maximum Gasteiger partial charge on any atom is 0.341 e. The summed E-state index contributed by atoms with van der Waals surface area (Å²) in [6.45, 7) is 6.26. The molecule has 0 aliphatic rings. The fraction of sp³-hybridized carbons (Fsp3) is 0.550. The van der Waals surface area contributed by atoms with Crippen LogP contribution in [0.2, 0.25) is 0 Å². The zero-order valence-electron chi connectivity index (χ0n) is 14.8. The molecule has 1 aromatic rings. The molecule has 0 spiro atoms. The number of carboxylic acid groups (broad SMARTS) is 1. The summed E-state index contributed by atoms with van der Waals surface area (Å²) in [5.41, 5.74) is 0.851. The first-order valence-corrected chi connectivity index (χ1v) is 8.90. The number of hydrogen-bond donors (Lipinski definition) is 1. The van der Waals surface area contributed by atoms with Gasteiger partial charge in [0.25, 0.3) is 0 Å². The fourth-order valence-corrected chi connectivity index (χ4v) is 2.45. The van der Waals surface area contributed by atoms with E-state index in [4.69, 9.17) is 14.6 Å². The Morgan fingerprint density at radius 3 is 2.17 bits per heavy atom. The standard InChI is InChI=1S/C20H30O4/c1-3-5-6-7-8-9-10-11-12-23-18-13-17(4-2)14-19(15-18)24-16-20(21)22/h4,13-15H,2-3,5-12,16H2,1H3,(H,21,22). The number of aliphatic carboxylic acids is 1. The molecule has 0 aliphatic carbocycles. The van der Waals surface area contributed by atoms with Crippen molar-refractivity contribution in [2.75, 3.05) is 13.2 Å². The van der Waals surface area contributed by atoms with Gasteiger partial charge in [-0.25, -0.2) is 4.79 Å². The lowest BCUT2D eigenvalue weighted by Gasteiger charge is -2.10. The van der Waals surface area contributed by atoms with Crippen LogP contribution in [0.15, 0.2) is 24.8 Å². The molecule has 0 unspecified atom stereocenters. The number of carbonyl (C=O) groups is 1. The summed E-state index contributed by atoms with van der Waals surface area (Å²) in [6.07, 6.45) is 11.8. The molecule has 1 aromatic carbocycles. The van der Waals surface area contributed by atoms with Gasteiger partial charge in [-0.3, -0.25) is 0 Å². The van der Waals surface area contributed by atoms with Gasteiger partial charge in [0.15, 0.2) is 6.61 Å². The lowest BCUT2D eigenvalue weighted by molar-refractivity contribution is -0.139. The summed E-state index contributed by atoms with van der Waals surface area (Å²) in [5.74, 6) is 0.178. The summed E-state index contributed by atoms with van der Waals surface area (Å²) in [5, 5.41) is 8.69. The van der Waals surface area contributed by atoms with E-state index < -0.39 is 5.97 Å². The average Bonchev–Trinajstić information content (AvgIpc) is 2.58. The predicted octanol–water partition coefficient (Wildman–Crippen LogP) is 5.31. The van der Waals surface area contributed by atoms with Gasteiger partial charge < -0.3 is 14.6 Å². The monoisotopic (exact) mass is 334 g/mol. The minimum atomic E-state index is -1.000. The minimum absolute atomic E-state index is 0.363. The third-order valence-electron chi connectivity index (χ3n) is 3.77. The summed E-state index contributed by atoms with van der Waals surface area (Å²) in [6, 6.07) is 5.35. The van der Waals surface area contributed by atoms with Gasteiger partial charge in [-0.15, -0.1) is 0 Å². The second kappa shape index (κ2) is 12.5. The molecule has 1 N–H and O–H groups in total. The van der Waals surface area contributed by atoms with Gasteiger partial charge in [0.2, 0.25) is 0 Å². The number of unbranched alkanes of at least 4 members (excludes halogenated alkanes) is 7. The molecule has 0 aromatic heterocycles. The molecule has 0 heterocycles. The van der Waals surface area contributed by atoms with E-state index in [1.807, 2.05) is 6.07 Å². The molecule has 0 saturated heterocycles. The Kier molecular flexibility index (Phi) is 10.4. The molecule has 0 saturated carbocycles. The molecule has 134 valence electrons. The Bertz CT molecular complexity index is 496. The number of ether oxygens (including phenoxy) is 2. The van der Waals surface area contributed by atoms with Crippen molar-refractivity contribution in [3.8, 4) is 11.5 Å². The van der Waals surface area contributed by atoms with Gasteiger partial charge in [-0.05, 0) is 24.1 Å². The van der Waals surface area contributed by atoms with Crippen molar-refractivity contribution >= 4 is 12.0 Å². The van der Waals surface area contributed by atoms with Gasteiger partial charge in [0.1, 0.15) is 11.5 Å². The smallest absolute Gasteiger partial charge is 0.341 e. The summed E-state index contributed by atoms with van der Waals surface area (Å²) in [7, 11) is 0. The van der Waals surface area contributed by atoms with Gasteiger partial charge in [0, 0.05) is 6.07 Å². The molecule has 0 radical (unpaired) electrons. The van der Waals surface area contributed by atoms with Crippen molar-refractivity contribution in [2.24, 2.45) is 0 Å². The van der Waals surface area contributed by atoms with E-state index in [-0.39, 0.29) is 6.61 Å². The highest BCUT2D eigenvalue weighted by atomic mass is 16.5. The normalized spacial score (nSPS) is 10.4. The zero-order chi connectivity index (χ0) is 17.6. The maximum absolute atomic E-state index is 10.6. The lowest BCUT2D eigenvalue weighted by atomic mass is 10.1. The number of benzene rings is 1. The second-order valence-corrected chi connectivity index (χ2v) is 5.95. The topological polar surface area (TPSA) is 55.8 Å².